The number of carbonyl (C=O) groups excluding carboxylic acids is 1. The molecule has 1 saturated heterocycles. The van der Waals surface area contributed by atoms with Gasteiger partial charge in [0.1, 0.15) is 5.69 Å². The molecule has 2 heterocycles. The van der Waals surface area contributed by atoms with E-state index in [-0.39, 0.29) is 5.91 Å². The maximum absolute atomic E-state index is 12.7. The Kier molecular flexibility index (Phi) is 4.46. The van der Waals surface area contributed by atoms with Crippen molar-refractivity contribution in [3.8, 4) is 11.3 Å². The summed E-state index contributed by atoms with van der Waals surface area (Å²) in [5.41, 5.74) is 5.00. The summed E-state index contributed by atoms with van der Waals surface area (Å²) in [7, 11) is 0. The number of pyridine rings is 1. The summed E-state index contributed by atoms with van der Waals surface area (Å²) in [6.45, 7) is 8.14. The standard InChI is InChI=1S/C20H24N2O/c1-14-10-12-22(13-11-14)20(23)19-9-5-8-18(21-19)17-7-4-6-15(2)16(17)3/h4-9,14H,10-13H2,1-3H3. The van der Waals surface area contributed by atoms with E-state index in [1.165, 1.54) is 11.1 Å². The molecule has 0 saturated carbocycles. The van der Waals surface area contributed by atoms with E-state index in [9.17, 15) is 4.79 Å². The second kappa shape index (κ2) is 6.53. The number of aryl methyl sites for hydroxylation is 1. The Labute approximate surface area is 138 Å². The molecule has 0 unspecified atom stereocenters. The van der Waals surface area contributed by atoms with Gasteiger partial charge in [0.2, 0.25) is 0 Å². The number of hydrogen-bond donors (Lipinski definition) is 0. The highest BCUT2D eigenvalue weighted by molar-refractivity contribution is 5.93. The molecule has 0 N–H and O–H groups in total. The molecule has 1 aliphatic heterocycles. The minimum Gasteiger partial charge on any atom is -0.337 e. The Balaban J connectivity index is 1.88. The quantitative estimate of drug-likeness (QED) is 0.831. The molecule has 2 aromatic rings. The highest BCUT2D eigenvalue weighted by Crippen LogP contribution is 2.24. The van der Waals surface area contributed by atoms with Crippen molar-refractivity contribution in [2.24, 2.45) is 5.92 Å². The van der Waals surface area contributed by atoms with Crippen LogP contribution in [-0.2, 0) is 0 Å². The smallest absolute Gasteiger partial charge is 0.272 e. The Hall–Kier alpha value is -2.16. The number of amides is 1. The zero-order valence-electron chi connectivity index (χ0n) is 14.2. The van der Waals surface area contributed by atoms with Crippen molar-refractivity contribution in [1.29, 1.82) is 0 Å². The van der Waals surface area contributed by atoms with Crippen molar-refractivity contribution in [3.05, 3.63) is 53.2 Å². The molecule has 1 aromatic heterocycles. The zero-order valence-corrected chi connectivity index (χ0v) is 14.2. The summed E-state index contributed by atoms with van der Waals surface area (Å²) in [5.74, 6) is 0.775. The number of nitrogens with zero attached hydrogens (tertiary/aromatic N) is 2. The fraction of sp³-hybridized carbons (Fsp3) is 0.400. The van der Waals surface area contributed by atoms with Crippen molar-refractivity contribution in [2.45, 2.75) is 33.6 Å². The van der Waals surface area contributed by atoms with Crippen LogP contribution in [0.15, 0.2) is 36.4 Å². The maximum Gasteiger partial charge on any atom is 0.272 e. The van der Waals surface area contributed by atoms with E-state index in [4.69, 9.17) is 0 Å². The highest BCUT2D eigenvalue weighted by atomic mass is 16.2. The summed E-state index contributed by atoms with van der Waals surface area (Å²) in [5, 5.41) is 0. The van der Waals surface area contributed by atoms with Gasteiger partial charge in [-0.3, -0.25) is 4.79 Å². The van der Waals surface area contributed by atoms with Crippen molar-refractivity contribution in [3.63, 3.8) is 0 Å². The van der Waals surface area contributed by atoms with Gasteiger partial charge in [0.05, 0.1) is 5.69 Å². The number of aromatic nitrogens is 1. The Bertz CT molecular complexity index is 715. The first-order valence-electron chi connectivity index (χ1n) is 8.39. The average Bonchev–Trinajstić information content (AvgIpc) is 2.57. The average molecular weight is 308 g/mol. The molecular weight excluding hydrogens is 284 g/mol. The molecule has 0 bridgehead atoms. The van der Waals surface area contributed by atoms with Gasteiger partial charge in [-0.25, -0.2) is 4.98 Å². The van der Waals surface area contributed by atoms with Gasteiger partial charge in [0, 0.05) is 18.7 Å². The molecule has 1 fully saturated rings. The highest BCUT2D eigenvalue weighted by Gasteiger charge is 2.22. The van der Waals surface area contributed by atoms with Gasteiger partial charge in [0.15, 0.2) is 0 Å². The van der Waals surface area contributed by atoms with Crippen molar-refractivity contribution in [2.75, 3.05) is 13.1 Å². The topological polar surface area (TPSA) is 33.2 Å². The zero-order chi connectivity index (χ0) is 16.4. The third-order valence-corrected chi connectivity index (χ3v) is 4.92. The molecule has 120 valence electrons. The lowest BCUT2D eigenvalue weighted by Crippen LogP contribution is -2.38. The summed E-state index contributed by atoms with van der Waals surface area (Å²) >= 11 is 0. The molecule has 1 aliphatic rings. The van der Waals surface area contributed by atoms with Gasteiger partial charge in [-0.1, -0.05) is 31.2 Å². The number of rotatable bonds is 2. The molecule has 3 heteroatoms. The second-order valence-corrected chi connectivity index (χ2v) is 6.63. The van der Waals surface area contributed by atoms with E-state index < -0.39 is 0 Å². The van der Waals surface area contributed by atoms with E-state index in [2.05, 4.69) is 37.9 Å². The molecule has 3 nitrogen and oxygen atoms in total. The molecule has 0 radical (unpaired) electrons. The summed E-state index contributed by atoms with van der Waals surface area (Å²) in [6.07, 6.45) is 2.17. The summed E-state index contributed by atoms with van der Waals surface area (Å²) < 4.78 is 0. The Morgan fingerprint density at radius 2 is 1.78 bits per heavy atom. The number of benzene rings is 1. The normalized spacial score (nSPS) is 15.7. The van der Waals surface area contributed by atoms with Gasteiger partial charge < -0.3 is 4.90 Å². The molecule has 3 rings (SSSR count). The fourth-order valence-electron chi connectivity index (χ4n) is 3.11. The maximum atomic E-state index is 12.7. The van der Waals surface area contributed by atoms with Crippen LogP contribution in [0.25, 0.3) is 11.3 Å². The first-order chi connectivity index (χ1) is 11.1. The van der Waals surface area contributed by atoms with E-state index in [0.29, 0.717) is 11.6 Å². The fourth-order valence-corrected chi connectivity index (χ4v) is 3.11. The number of carbonyl (C=O) groups is 1. The van der Waals surface area contributed by atoms with E-state index in [0.717, 1.165) is 37.2 Å². The largest absolute Gasteiger partial charge is 0.337 e. The van der Waals surface area contributed by atoms with Gasteiger partial charge in [0.25, 0.3) is 5.91 Å². The van der Waals surface area contributed by atoms with Gasteiger partial charge in [-0.15, -0.1) is 0 Å². The van der Waals surface area contributed by atoms with Crippen molar-refractivity contribution < 1.29 is 4.79 Å². The Morgan fingerprint density at radius 3 is 2.52 bits per heavy atom. The lowest BCUT2D eigenvalue weighted by molar-refractivity contribution is 0.0691. The predicted molar refractivity (Wildman–Crippen MR) is 93.4 cm³/mol. The van der Waals surface area contributed by atoms with E-state index >= 15 is 0 Å². The van der Waals surface area contributed by atoms with Crippen LogP contribution in [0.5, 0.6) is 0 Å². The third kappa shape index (κ3) is 3.29. The van der Waals surface area contributed by atoms with Crippen LogP contribution in [0, 0.1) is 19.8 Å². The third-order valence-electron chi connectivity index (χ3n) is 4.92. The first-order valence-corrected chi connectivity index (χ1v) is 8.39. The SMILES string of the molecule is Cc1cccc(-c2cccc(C(=O)N3CCC(C)CC3)n2)c1C. The summed E-state index contributed by atoms with van der Waals surface area (Å²) in [6, 6.07) is 12.0. The Morgan fingerprint density at radius 1 is 1.09 bits per heavy atom. The van der Waals surface area contributed by atoms with E-state index in [1.807, 2.05) is 29.2 Å². The first kappa shape index (κ1) is 15.7. The van der Waals surface area contributed by atoms with Crippen molar-refractivity contribution in [1.82, 2.24) is 9.88 Å². The second-order valence-electron chi connectivity index (χ2n) is 6.63. The molecule has 0 aliphatic carbocycles. The lowest BCUT2D eigenvalue weighted by atomic mass is 9.99. The van der Waals surface area contributed by atoms with E-state index in [1.54, 1.807) is 0 Å². The van der Waals surface area contributed by atoms with Crippen LogP contribution in [0.4, 0.5) is 0 Å². The number of likely N-dealkylation sites (tertiary alicyclic amines) is 1. The van der Waals surface area contributed by atoms with Crippen LogP contribution < -0.4 is 0 Å². The minimum atomic E-state index is 0.0593. The van der Waals surface area contributed by atoms with Crippen LogP contribution >= 0.6 is 0 Å². The minimum absolute atomic E-state index is 0.0593. The number of hydrogen-bond acceptors (Lipinski definition) is 2. The van der Waals surface area contributed by atoms with Crippen LogP contribution in [-0.4, -0.2) is 28.9 Å². The van der Waals surface area contributed by atoms with Crippen LogP contribution in [0.1, 0.15) is 41.4 Å². The molecular formula is C20H24N2O. The van der Waals surface area contributed by atoms with Gasteiger partial charge >= 0.3 is 0 Å². The molecule has 1 aromatic carbocycles. The molecule has 1 amide bonds. The molecule has 0 atom stereocenters. The van der Waals surface area contributed by atoms with Gasteiger partial charge in [-0.05, 0) is 55.9 Å². The monoisotopic (exact) mass is 308 g/mol. The van der Waals surface area contributed by atoms with Crippen LogP contribution in [0.2, 0.25) is 0 Å². The number of piperidine rings is 1. The lowest BCUT2D eigenvalue weighted by Gasteiger charge is -2.30. The predicted octanol–water partition coefficient (Wildman–Crippen LogP) is 4.24. The summed E-state index contributed by atoms with van der Waals surface area (Å²) in [4.78, 5) is 19.3. The van der Waals surface area contributed by atoms with Crippen LogP contribution in [0.3, 0.4) is 0 Å². The van der Waals surface area contributed by atoms with Gasteiger partial charge in [-0.2, -0.15) is 0 Å². The molecule has 23 heavy (non-hydrogen) atoms. The molecule has 0 spiro atoms. The van der Waals surface area contributed by atoms with Crippen molar-refractivity contribution >= 4 is 5.91 Å².